The zero-order valence-corrected chi connectivity index (χ0v) is 10.4. The molecule has 1 aliphatic rings. The molecule has 2 rings (SSSR count). The minimum atomic E-state index is -0.862. The number of anilines is 1. The zero-order chi connectivity index (χ0) is 12.4. The zero-order valence-electron chi connectivity index (χ0n) is 10.4. The summed E-state index contributed by atoms with van der Waals surface area (Å²) in [5.41, 5.74) is 2.22. The molecule has 0 saturated heterocycles. The van der Waals surface area contributed by atoms with E-state index in [1.807, 2.05) is 19.1 Å². The molecule has 0 aromatic heterocycles. The average molecular weight is 233 g/mol. The van der Waals surface area contributed by atoms with Crippen LogP contribution in [-0.4, -0.2) is 17.1 Å². The van der Waals surface area contributed by atoms with Gasteiger partial charge in [0.25, 0.3) is 0 Å². The van der Waals surface area contributed by atoms with Crippen molar-refractivity contribution in [2.45, 2.75) is 39.2 Å². The Kier molecular flexibility index (Phi) is 3.36. The van der Waals surface area contributed by atoms with E-state index < -0.39 is 5.97 Å². The van der Waals surface area contributed by atoms with Gasteiger partial charge < -0.3 is 10.4 Å². The van der Waals surface area contributed by atoms with Crippen molar-refractivity contribution in [2.24, 2.45) is 5.92 Å². The lowest BCUT2D eigenvalue weighted by Gasteiger charge is -2.16. The van der Waals surface area contributed by atoms with Crippen molar-refractivity contribution in [3.8, 4) is 0 Å². The van der Waals surface area contributed by atoms with Crippen LogP contribution in [0.1, 0.15) is 42.1 Å². The summed E-state index contributed by atoms with van der Waals surface area (Å²) in [5, 5.41) is 12.5. The second kappa shape index (κ2) is 4.78. The molecule has 1 saturated carbocycles. The molecule has 0 radical (unpaired) electrons. The maximum Gasteiger partial charge on any atom is 0.337 e. The fourth-order valence-electron chi connectivity index (χ4n) is 2.52. The Morgan fingerprint density at radius 2 is 2.18 bits per heavy atom. The summed E-state index contributed by atoms with van der Waals surface area (Å²) in [5.74, 6) is -0.121. The normalized spacial score (nSPS) is 23.6. The van der Waals surface area contributed by atoms with Gasteiger partial charge in [0.15, 0.2) is 0 Å². The lowest BCUT2D eigenvalue weighted by molar-refractivity contribution is 0.0698. The molecule has 0 heterocycles. The lowest BCUT2D eigenvalue weighted by Crippen LogP contribution is -2.17. The van der Waals surface area contributed by atoms with Crippen molar-refractivity contribution < 1.29 is 9.90 Å². The third-order valence-electron chi connectivity index (χ3n) is 3.46. The van der Waals surface area contributed by atoms with E-state index in [0.29, 0.717) is 11.6 Å². The van der Waals surface area contributed by atoms with Gasteiger partial charge in [0.05, 0.1) is 5.56 Å². The summed E-state index contributed by atoms with van der Waals surface area (Å²) in [6.07, 6.45) is 3.49. The first-order valence-electron chi connectivity index (χ1n) is 6.16. The Morgan fingerprint density at radius 3 is 2.76 bits per heavy atom. The first-order valence-corrected chi connectivity index (χ1v) is 6.16. The summed E-state index contributed by atoms with van der Waals surface area (Å²) in [6.45, 7) is 4.23. The van der Waals surface area contributed by atoms with Crippen LogP contribution in [0.4, 0.5) is 5.69 Å². The Morgan fingerprint density at radius 1 is 1.41 bits per heavy atom. The molecule has 0 bridgehead atoms. The maximum absolute atomic E-state index is 11.1. The van der Waals surface area contributed by atoms with Gasteiger partial charge in [0, 0.05) is 11.7 Å². The highest BCUT2D eigenvalue weighted by molar-refractivity contribution is 5.94. The molecule has 17 heavy (non-hydrogen) atoms. The number of carbonyl (C=O) groups is 1. The fourth-order valence-corrected chi connectivity index (χ4v) is 2.52. The van der Waals surface area contributed by atoms with Gasteiger partial charge >= 0.3 is 5.97 Å². The van der Waals surface area contributed by atoms with Gasteiger partial charge in [-0.3, -0.25) is 0 Å². The monoisotopic (exact) mass is 233 g/mol. The van der Waals surface area contributed by atoms with Gasteiger partial charge in [-0.25, -0.2) is 4.79 Å². The van der Waals surface area contributed by atoms with Crippen molar-refractivity contribution in [1.29, 1.82) is 0 Å². The Balaban J connectivity index is 2.19. The van der Waals surface area contributed by atoms with Crippen molar-refractivity contribution >= 4 is 11.7 Å². The van der Waals surface area contributed by atoms with Gasteiger partial charge in [-0.05, 0) is 49.8 Å². The summed E-state index contributed by atoms with van der Waals surface area (Å²) >= 11 is 0. The van der Waals surface area contributed by atoms with Crippen molar-refractivity contribution in [3.63, 3.8) is 0 Å². The second-order valence-corrected chi connectivity index (χ2v) is 5.11. The number of aryl methyl sites for hydroxylation is 1. The van der Waals surface area contributed by atoms with Crippen LogP contribution in [-0.2, 0) is 0 Å². The molecule has 92 valence electrons. The molecule has 3 heteroatoms. The van der Waals surface area contributed by atoms with Gasteiger partial charge in [-0.15, -0.1) is 0 Å². The molecule has 2 atom stereocenters. The van der Waals surface area contributed by atoms with Crippen LogP contribution in [0.2, 0.25) is 0 Å². The molecule has 1 fully saturated rings. The summed E-state index contributed by atoms with van der Waals surface area (Å²) in [4.78, 5) is 11.1. The van der Waals surface area contributed by atoms with Crippen LogP contribution in [0.3, 0.4) is 0 Å². The number of hydrogen-bond donors (Lipinski definition) is 2. The summed E-state index contributed by atoms with van der Waals surface area (Å²) in [7, 11) is 0. The fraction of sp³-hybridized carbons (Fsp3) is 0.500. The predicted molar refractivity (Wildman–Crippen MR) is 68.6 cm³/mol. The third kappa shape index (κ3) is 2.78. The van der Waals surface area contributed by atoms with Crippen molar-refractivity contribution in [1.82, 2.24) is 0 Å². The molecule has 2 unspecified atom stereocenters. The maximum atomic E-state index is 11.1. The number of hydrogen-bond acceptors (Lipinski definition) is 2. The van der Waals surface area contributed by atoms with E-state index in [2.05, 4.69) is 12.2 Å². The smallest absolute Gasteiger partial charge is 0.337 e. The summed E-state index contributed by atoms with van der Waals surface area (Å²) < 4.78 is 0. The summed E-state index contributed by atoms with van der Waals surface area (Å²) in [6, 6.07) is 5.86. The second-order valence-electron chi connectivity index (χ2n) is 5.11. The van der Waals surface area contributed by atoms with Crippen LogP contribution in [0.5, 0.6) is 0 Å². The van der Waals surface area contributed by atoms with Gasteiger partial charge in [0.2, 0.25) is 0 Å². The molecular weight excluding hydrogens is 214 g/mol. The minimum absolute atomic E-state index is 0.371. The highest BCUT2D eigenvalue weighted by Gasteiger charge is 2.22. The van der Waals surface area contributed by atoms with Gasteiger partial charge in [-0.2, -0.15) is 0 Å². The molecule has 0 spiro atoms. The van der Waals surface area contributed by atoms with Crippen LogP contribution >= 0.6 is 0 Å². The number of carboxylic acid groups (broad SMARTS) is 1. The van der Waals surface area contributed by atoms with E-state index >= 15 is 0 Å². The van der Waals surface area contributed by atoms with E-state index in [9.17, 15) is 4.79 Å². The van der Waals surface area contributed by atoms with E-state index in [4.69, 9.17) is 5.11 Å². The number of carboxylic acids is 1. The first kappa shape index (κ1) is 12.0. The predicted octanol–water partition coefficient (Wildman–Crippen LogP) is 3.29. The quantitative estimate of drug-likeness (QED) is 0.842. The van der Waals surface area contributed by atoms with E-state index in [0.717, 1.165) is 30.0 Å². The highest BCUT2D eigenvalue weighted by atomic mass is 16.4. The molecule has 0 aliphatic heterocycles. The van der Waals surface area contributed by atoms with Crippen LogP contribution in [0, 0.1) is 12.8 Å². The molecular formula is C14H19NO2. The van der Waals surface area contributed by atoms with Crippen LogP contribution in [0.15, 0.2) is 18.2 Å². The SMILES string of the molecule is Cc1ccc(C(=O)O)c(NC2CCC(C)C2)c1. The van der Waals surface area contributed by atoms with Crippen LogP contribution in [0.25, 0.3) is 0 Å². The molecule has 1 aliphatic carbocycles. The molecule has 1 aromatic rings. The third-order valence-corrected chi connectivity index (χ3v) is 3.46. The van der Waals surface area contributed by atoms with Gasteiger partial charge in [0.1, 0.15) is 0 Å². The highest BCUT2D eigenvalue weighted by Crippen LogP contribution is 2.29. The average Bonchev–Trinajstić information content (AvgIpc) is 2.63. The lowest BCUT2D eigenvalue weighted by atomic mass is 10.1. The molecule has 3 nitrogen and oxygen atoms in total. The van der Waals surface area contributed by atoms with Crippen molar-refractivity contribution in [2.75, 3.05) is 5.32 Å². The van der Waals surface area contributed by atoms with E-state index in [-0.39, 0.29) is 0 Å². The molecule has 2 N–H and O–H groups in total. The number of nitrogens with one attached hydrogen (secondary N) is 1. The molecule has 0 amide bonds. The van der Waals surface area contributed by atoms with E-state index in [1.165, 1.54) is 6.42 Å². The number of aromatic carboxylic acids is 1. The van der Waals surface area contributed by atoms with Gasteiger partial charge in [-0.1, -0.05) is 13.0 Å². The Hall–Kier alpha value is -1.51. The van der Waals surface area contributed by atoms with E-state index in [1.54, 1.807) is 6.07 Å². The van der Waals surface area contributed by atoms with Crippen molar-refractivity contribution in [3.05, 3.63) is 29.3 Å². The standard InChI is InChI=1S/C14H19NO2/c1-9-3-5-11(7-9)15-13-8-10(2)4-6-12(13)14(16)17/h4,6,8-9,11,15H,3,5,7H2,1-2H3,(H,16,17). The first-order chi connectivity index (χ1) is 8.06. The largest absolute Gasteiger partial charge is 0.478 e. The molecule has 1 aromatic carbocycles. The Labute approximate surface area is 102 Å². The number of rotatable bonds is 3. The Bertz CT molecular complexity index is 428. The minimum Gasteiger partial charge on any atom is -0.478 e. The number of benzene rings is 1. The topological polar surface area (TPSA) is 49.3 Å². The van der Waals surface area contributed by atoms with Crippen LogP contribution < -0.4 is 5.32 Å².